The molecule has 0 saturated heterocycles. The number of amides is 1. The second-order valence-electron chi connectivity index (χ2n) is 7.70. The molecule has 0 radical (unpaired) electrons. The first-order valence-electron chi connectivity index (χ1n) is 10.5. The summed E-state index contributed by atoms with van der Waals surface area (Å²) in [6.07, 6.45) is 0. The van der Waals surface area contributed by atoms with Crippen LogP contribution in [0, 0.1) is 5.82 Å². The number of para-hydroxylation sites is 1. The topological polar surface area (TPSA) is 69.0 Å². The highest BCUT2D eigenvalue weighted by molar-refractivity contribution is 5.99. The van der Waals surface area contributed by atoms with E-state index in [4.69, 9.17) is 13.9 Å². The highest BCUT2D eigenvalue weighted by Gasteiger charge is 2.42. The molecule has 0 fully saturated rings. The van der Waals surface area contributed by atoms with E-state index in [1.807, 2.05) is 36.4 Å². The number of benzene rings is 3. The maximum Gasteiger partial charge on any atom is 0.290 e. The fourth-order valence-electron chi connectivity index (χ4n) is 4.13. The van der Waals surface area contributed by atoms with Crippen molar-refractivity contribution in [2.24, 2.45) is 0 Å². The molecule has 7 heteroatoms. The van der Waals surface area contributed by atoms with Crippen molar-refractivity contribution in [3.63, 3.8) is 0 Å². The van der Waals surface area contributed by atoms with Crippen LogP contribution >= 0.6 is 0 Å². The summed E-state index contributed by atoms with van der Waals surface area (Å²) in [6.45, 7) is 0.525. The summed E-state index contributed by atoms with van der Waals surface area (Å²) in [7, 11) is 1.54. The third-order valence-corrected chi connectivity index (χ3v) is 5.62. The Morgan fingerprint density at radius 3 is 2.55 bits per heavy atom. The monoisotopic (exact) mass is 445 g/mol. The number of ether oxygens (including phenoxy) is 2. The van der Waals surface area contributed by atoms with Gasteiger partial charge in [0.05, 0.1) is 23.6 Å². The molecule has 0 saturated carbocycles. The molecule has 166 valence electrons. The lowest BCUT2D eigenvalue weighted by atomic mass is 9.98. The molecule has 33 heavy (non-hydrogen) atoms. The minimum absolute atomic E-state index is 0.0328. The first kappa shape index (κ1) is 20.9. The van der Waals surface area contributed by atoms with E-state index in [1.54, 1.807) is 18.2 Å². The van der Waals surface area contributed by atoms with Gasteiger partial charge in [0.1, 0.15) is 22.9 Å². The summed E-state index contributed by atoms with van der Waals surface area (Å²) in [6, 6.07) is 19.5. The van der Waals surface area contributed by atoms with Crippen molar-refractivity contribution in [3.05, 3.63) is 106 Å². The van der Waals surface area contributed by atoms with Crippen LogP contribution in [0.3, 0.4) is 0 Å². The van der Waals surface area contributed by atoms with E-state index in [2.05, 4.69) is 0 Å². The van der Waals surface area contributed by atoms with E-state index >= 15 is 0 Å². The Morgan fingerprint density at radius 1 is 0.970 bits per heavy atom. The first-order chi connectivity index (χ1) is 16.1. The molecule has 0 spiro atoms. The SMILES string of the molecule is COCCN1C(=O)c2oc3ccc(F)cc3c(=O)c2[C@H]1c1cccc(Oc2ccccc2)c1. The van der Waals surface area contributed by atoms with Crippen LogP contribution in [0.1, 0.15) is 27.7 Å². The van der Waals surface area contributed by atoms with Crippen molar-refractivity contribution in [3.8, 4) is 11.5 Å². The Kier molecular flexibility index (Phi) is 5.40. The standard InChI is InChI=1S/C26H20FNO5/c1-31-13-12-28-23(16-6-5-9-19(14-16)32-18-7-3-2-4-8-18)22-24(29)20-15-17(27)10-11-21(20)33-25(22)26(28)30/h2-11,14-15,23H,12-13H2,1H3/t23-/m1/s1. The first-order valence-corrected chi connectivity index (χ1v) is 10.5. The molecular weight excluding hydrogens is 425 g/mol. The summed E-state index contributed by atoms with van der Waals surface area (Å²) in [5.74, 6) is 0.224. The Bertz CT molecular complexity index is 1400. The number of hydrogen-bond donors (Lipinski definition) is 0. The average Bonchev–Trinajstić information content (AvgIpc) is 3.11. The van der Waals surface area contributed by atoms with Crippen LogP contribution < -0.4 is 10.2 Å². The molecule has 0 N–H and O–H groups in total. The van der Waals surface area contributed by atoms with Crippen LogP contribution in [0.5, 0.6) is 11.5 Å². The number of carbonyl (C=O) groups excluding carboxylic acids is 1. The molecule has 1 aliphatic rings. The predicted octanol–water partition coefficient (Wildman–Crippen LogP) is 4.92. The van der Waals surface area contributed by atoms with E-state index in [0.717, 1.165) is 6.07 Å². The lowest BCUT2D eigenvalue weighted by Crippen LogP contribution is -2.32. The molecule has 6 nitrogen and oxygen atoms in total. The van der Waals surface area contributed by atoms with Gasteiger partial charge in [0, 0.05) is 13.7 Å². The molecule has 1 atom stereocenters. The second kappa shape index (κ2) is 8.52. The van der Waals surface area contributed by atoms with E-state index in [1.165, 1.54) is 24.1 Å². The third kappa shape index (κ3) is 3.76. The molecule has 3 aromatic carbocycles. The maximum atomic E-state index is 13.9. The third-order valence-electron chi connectivity index (χ3n) is 5.62. The van der Waals surface area contributed by atoms with Crippen molar-refractivity contribution >= 4 is 16.9 Å². The Hall–Kier alpha value is -3.97. The van der Waals surface area contributed by atoms with Crippen LogP contribution in [0.25, 0.3) is 11.0 Å². The number of carbonyl (C=O) groups is 1. The van der Waals surface area contributed by atoms with E-state index in [9.17, 15) is 14.0 Å². The van der Waals surface area contributed by atoms with Gasteiger partial charge in [-0.05, 0) is 48.0 Å². The van der Waals surface area contributed by atoms with Gasteiger partial charge in [-0.15, -0.1) is 0 Å². The van der Waals surface area contributed by atoms with Crippen LogP contribution in [0.4, 0.5) is 4.39 Å². The molecule has 4 aromatic rings. The van der Waals surface area contributed by atoms with Gasteiger partial charge in [-0.25, -0.2) is 4.39 Å². The lowest BCUT2D eigenvalue weighted by Gasteiger charge is -2.25. The Balaban J connectivity index is 1.65. The molecule has 2 heterocycles. The van der Waals surface area contributed by atoms with Crippen LogP contribution in [0.15, 0.2) is 82.0 Å². The van der Waals surface area contributed by atoms with Gasteiger partial charge < -0.3 is 18.8 Å². The van der Waals surface area contributed by atoms with Gasteiger partial charge in [-0.1, -0.05) is 30.3 Å². The molecule has 0 unspecified atom stereocenters. The zero-order chi connectivity index (χ0) is 22.9. The van der Waals surface area contributed by atoms with Crippen molar-refractivity contribution < 1.29 is 23.1 Å². The molecule has 0 aliphatic carbocycles. The zero-order valence-corrected chi connectivity index (χ0v) is 17.8. The van der Waals surface area contributed by atoms with E-state index in [0.29, 0.717) is 17.1 Å². The largest absolute Gasteiger partial charge is 0.457 e. The highest BCUT2D eigenvalue weighted by Crippen LogP contribution is 2.39. The molecule has 1 aliphatic heterocycles. The minimum Gasteiger partial charge on any atom is -0.457 e. The van der Waals surface area contributed by atoms with E-state index < -0.39 is 23.2 Å². The Morgan fingerprint density at radius 2 is 1.76 bits per heavy atom. The van der Waals surface area contributed by atoms with Gasteiger partial charge in [0.2, 0.25) is 5.76 Å². The number of rotatable bonds is 6. The quantitative estimate of drug-likeness (QED) is 0.422. The van der Waals surface area contributed by atoms with Crippen LogP contribution in [-0.4, -0.2) is 31.1 Å². The Labute approximate surface area is 188 Å². The normalized spacial score (nSPS) is 15.2. The summed E-state index contributed by atoms with van der Waals surface area (Å²) < 4.78 is 30.8. The number of nitrogens with zero attached hydrogens (tertiary/aromatic N) is 1. The number of methoxy groups -OCH3 is 1. The van der Waals surface area contributed by atoms with Crippen LogP contribution in [0.2, 0.25) is 0 Å². The van der Waals surface area contributed by atoms with Gasteiger partial charge in [-0.2, -0.15) is 0 Å². The lowest BCUT2D eigenvalue weighted by molar-refractivity contribution is 0.0663. The number of hydrogen-bond acceptors (Lipinski definition) is 5. The fourth-order valence-corrected chi connectivity index (χ4v) is 4.13. The summed E-state index contributed by atoms with van der Waals surface area (Å²) >= 11 is 0. The number of halogens is 1. The van der Waals surface area contributed by atoms with Crippen molar-refractivity contribution in [1.29, 1.82) is 0 Å². The smallest absolute Gasteiger partial charge is 0.290 e. The van der Waals surface area contributed by atoms with Gasteiger partial charge >= 0.3 is 0 Å². The van der Waals surface area contributed by atoms with Gasteiger partial charge in [0.15, 0.2) is 5.43 Å². The van der Waals surface area contributed by atoms with Crippen LogP contribution in [-0.2, 0) is 4.74 Å². The summed E-state index contributed by atoms with van der Waals surface area (Å²) in [5.41, 5.74) is 0.598. The summed E-state index contributed by atoms with van der Waals surface area (Å²) in [4.78, 5) is 28.2. The molecule has 1 amide bonds. The average molecular weight is 445 g/mol. The fraction of sp³-hybridized carbons (Fsp3) is 0.154. The van der Waals surface area contributed by atoms with Crippen molar-refractivity contribution in [1.82, 2.24) is 4.90 Å². The second-order valence-corrected chi connectivity index (χ2v) is 7.70. The minimum atomic E-state index is -0.717. The number of fused-ring (bicyclic) bond motifs is 2. The van der Waals surface area contributed by atoms with Gasteiger partial charge in [-0.3, -0.25) is 9.59 Å². The molecule has 0 bridgehead atoms. The molecule has 1 aromatic heterocycles. The highest BCUT2D eigenvalue weighted by atomic mass is 19.1. The van der Waals surface area contributed by atoms with E-state index in [-0.39, 0.29) is 35.4 Å². The van der Waals surface area contributed by atoms with Crippen molar-refractivity contribution in [2.45, 2.75) is 6.04 Å². The zero-order valence-electron chi connectivity index (χ0n) is 17.8. The summed E-state index contributed by atoms with van der Waals surface area (Å²) in [5, 5.41) is 0.0943. The van der Waals surface area contributed by atoms with Crippen molar-refractivity contribution in [2.75, 3.05) is 20.3 Å². The predicted molar refractivity (Wildman–Crippen MR) is 120 cm³/mol. The maximum absolute atomic E-state index is 13.9. The molecule has 5 rings (SSSR count). The van der Waals surface area contributed by atoms with Gasteiger partial charge in [0.25, 0.3) is 5.91 Å². The molecular formula is C26H20FNO5.